The highest BCUT2D eigenvalue weighted by Crippen LogP contribution is 2.58. The van der Waals surface area contributed by atoms with E-state index in [1.54, 1.807) is 6.07 Å². The summed E-state index contributed by atoms with van der Waals surface area (Å²) in [4.78, 5) is 38.7. The molecule has 30 heavy (non-hydrogen) atoms. The van der Waals surface area contributed by atoms with E-state index in [1.807, 2.05) is 49.4 Å². The third kappa shape index (κ3) is 2.55. The average molecular weight is 465 g/mol. The topological polar surface area (TPSA) is 80.5 Å². The number of allylic oxidation sites excluding steroid dienone is 4. The molecule has 2 fully saturated rings. The summed E-state index contributed by atoms with van der Waals surface area (Å²) in [7, 11) is 0. The van der Waals surface area contributed by atoms with Gasteiger partial charge in [0.25, 0.3) is 5.69 Å². The molecule has 6 nitrogen and oxygen atoms in total. The molecule has 3 aliphatic rings. The van der Waals surface area contributed by atoms with Crippen LogP contribution in [0, 0.1) is 33.8 Å². The largest absolute Gasteiger partial charge is 0.294 e. The number of nitro benzene ring substituents is 1. The van der Waals surface area contributed by atoms with Gasteiger partial charge in [-0.05, 0) is 30.2 Å². The van der Waals surface area contributed by atoms with Crippen molar-refractivity contribution in [2.45, 2.75) is 6.92 Å². The molecule has 7 heteroatoms. The van der Waals surface area contributed by atoms with Crippen LogP contribution in [0.5, 0.6) is 0 Å². The van der Waals surface area contributed by atoms with Gasteiger partial charge in [0.05, 0.1) is 16.8 Å². The second-order valence-corrected chi connectivity index (χ2v) is 8.75. The number of carbonyl (C=O) groups excluding carboxylic acids is 2. The number of anilines is 1. The number of hydrogen-bond acceptors (Lipinski definition) is 4. The molecule has 2 amide bonds. The van der Waals surface area contributed by atoms with Crippen molar-refractivity contribution < 1.29 is 14.5 Å². The Balaban J connectivity index is 1.57. The number of nitro groups is 1. The molecule has 1 saturated heterocycles. The first-order valence-electron chi connectivity index (χ1n) is 9.66. The van der Waals surface area contributed by atoms with E-state index in [0.29, 0.717) is 4.47 Å². The summed E-state index contributed by atoms with van der Waals surface area (Å²) in [6.07, 6.45) is 4.02. The summed E-state index contributed by atoms with van der Waals surface area (Å²) in [6, 6.07) is 14.3. The van der Waals surface area contributed by atoms with Gasteiger partial charge in [0.2, 0.25) is 11.8 Å². The summed E-state index contributed by atoms with van der Waals surface area (Å²) in [5.41, 5.74) is 3.06. The monoisotopic (exact) mass is 464 g/mol. The normalized spacial score (nSPS) is 26.5. The fourth-order valence-corrected chi connectivity index (χ4v) is 5.54. The molecule has 0 spiro atoms. The average Bonchev–Trinajstić information content (AvgIpc) is 3.38. The highest BCUT2D eigenvalue weighted by molar-refractivity contribution is 9.10. The van der Waals surface area contributed by atoms with Crippen molar-refractivity contribution >= 4 is 44.7 Å². The van der Waals surface area contributed by atoms with E-state index in [-0.39, 0.29) is 35.0 Å². The molecule has 0 N–H and O–H groups in total. The molecule has 1 saturated carbocycles. The predicted octanol–water partition coefficient (Wildman–Crippen LogP) is 4.75. The Hall–Kier alpha value is -3.06. The third-order valence-corrected chi connectivity index (χ3v) is 6.92. The minimum absolute atomic E-state index is 0.0392. The van der Waals surface area contributed by atoms with E-state index in [4.69, 9.17) is 0 Å². The van der Waals surface area contributed by atoms with E-state index in [0.717, 1.165) is 21.6 Å². The Morgan fingerprint density at radius 1 is 1.00 bits per heavy atom. The maximum Gasteiger partial charge on any atom is 0.294 e. The van der Waals surface area contributed by atoms with Crippen LogP contribution in [-0.4, -0.2) is 16.7 Å². The standard InChI is InChI=1S/C23H17BrN2O4/c1-12(13-5-3-2-4-6-13)19-15-8-9-16(19)21-20(15)22(27)25(23(21)28)17-10-7-14(24)11-18(17)26(29)30/h2-11,15-16,20-21H,1H3/t15-,16-,20+,21+/m1/s1. The van der Waals surface area contributed by atoms with Crippen LogP contribution in [-0.2, 0) is 9.59 Å². The highest BCUT2D eigenvalue weighted by Gasteiger charge is 2.62. The van der Waals surface area contributed by atoms with Gasteiger partial charge in [-0.15, -0.1) is 0 Å². The molecule has 2 aromatic rings. The summed E-state index contributed by atoms with van der Waals surface area (Å²) in [6.45, 7) is 2.03. The van der Waals surface area contributed by atoms with Gasteiger partial charge in [-0.1, -0.05) is 64.0 Å². The number of benzene rings is 2. The number of imide groups is 1. The second kappa shape index (κ2) is 6.74. The Labute approximate surface area is 181 Å². The first kappa shape index (κ1) is 18.9. The molecule has 4 atom stereocenters. The zero-order chi connectivity index (χ0) is 21.2. The van der Waals surface area contributed by atoms with Gasteiger partial charge in [0.15, 0.2) is 0 Å². The molecule has 2 aliphatic carbocycles. The van der Waals surface area contributed by atoms with Gasteiger partial charge in [-0.2, -0.15) is 0 Å². The van der Waals surface area contributed by atoms with E-state index in [1.165, 1.54) is 12.1 Å². The van der Waals surface area contributed by atoms with Crippen LogP contribution < -0.4 is 4.90 Å². The minimum atomic E-state index is -0.563. The van der Waals surface area contributed by atoms with Crippen LogP contribution in [0.1, 0.15) is 12.5 Å². The van der Waals surface area contributed by atoms with Crippen molar-refractivity contribution in [3.8, 4) is 0 Å². The maximum absolute atomic E-state index is 13.4. The van der Waals surface area contributed by atoms with E-state index < -0.39 is 16.8 Å². The molecule has 1 aliphatic heterocycles. The molecule has 2 aromatic carbocycles. The number of carbonyl (C=O) groups is 2. The van der Waals surface area contributed by atoms with Crippen LogP contribution in [0.15, 0.2) is 70.7 Å². The first-order valence-corrected chi connectivity index (χ1v) is 10.5. The van der Waals surface area contributed by atoms with Crippen molar-refractivity contribution in [2.75, 3.05) is 4.90 Å². The molecule has 0 unspecified atom stereocenters. The van der Waals surface area contributed by atoms with Crippen molar-refractivity contribution in [2.24, 2.45) is 23.7 Å². The Morgan fingerprint density at radius 3 is 2.17 bits per heavy atom. The smallest absolute Gasteiger partial charge is 0.274 e. The van der Waals surface area contributed by atoms with Crippen LogP contribution in [0.4, 0.5) is 11.4 Å². The van der Waals surface area contributed by atoms with Crippen molar-refractivity contribution in [1.29, 1.82) is 0 Å². The molecule has 5 rings (SSSR count). The summed E-state index contributed by atoms with van der Waals surface area (Å²) < 4.78 is 0.516. The highest BCUT2D eigenvalue weighted by atomic mass is 79.9. The van der Waals surface area contributed by atoms with Crippen LogP contribution in [0.25, 0.3) is 5.57 Å². The fraction of sp³-hybridized carbons (Fsp3) is 0.217. The van der Waals surface area contributed by atoms with Gasteiger partial charge >= 0.3 is 0 Å². The van der Waals surface area contributed by atoms with Crippen molar-refractivity contribution in [1.82, 2.24) is 0 Å². The third-order valence-electron chi connectivity index (χ3n) is 6.43. The molecular formula is C23H17BrN2O4. The first-order chi connectivity index (χ1) is 14.4. The van der Waals surface area contributed by atoms with Gasteiger partial charge in [0, 0.05) is 22.4 Å². The molecule has 0 radical (unpaired) electrons. The lowest BCUT2D eigenvalue weighted by Crippen LogP contribution is -2.33. The van der Waals surface area contributed by atoms with E-state index in [9.17, 15) is 19.7 Å². The van der Waals surface area contributed by atoms with E-state index in [2.05, 4.69) is 15.9 Å². The Bertz CT molecular complexity index is 1140. The lowest BCUT2D eigenvalue weighted by Gasteiger charge is -2.20. The fourth-order valence-electron chi connectivity index (χ4n) is 5.19. The minimum Gasteiger partial charge on any atom is -0.274 e. The maximum atomic E-state index is 13.4. The molecule has 1 heterocycles. The van der Waals surface area contributed by atoms with Gasteiger partial charge in [-0.25, -0.2) is 4.90 Å². The SMILES string of the molecule is CC(=C1[C@H]2C=C[C@H]1[C@@H]1C(=O)N(c3ccc(Br)cc3[N+](=O)[O-])C(=O)[C@H]12)c1ccccc1. The lowest BCUT2D eigenvalue weighted by molar-refractivity contribution is -0.384. The van der Waals surface area contributed by atoms with E-state index >= 15 is 0 Å². The number of rotatable bonds is 3. The van der Waals surface area contributed by atoms with Crippen LogP contribution in [0.3, 0.4) is 0 Å². The van der Waals surface area contributed by atoms with Gasteiger partial charge in [-0.3, -0.25) is 19.7 Å². The Kier molecular flexibility index (Phi) is 4.25. The van der Waals surface area contributed by atoms with Crippen molar-refractivity contribution in [3.05, 3.63) is 86.4 Å². The second-order valence-electron chi connectivity index (χ2n) is 7.84. The predicted molar refractivity (Wildman–Crippen MR) is 115 cm³/mol. The quantitative estimate of drug-likeness (QED) is 0.284. The summed E-state index contributed by atoms with van der Waals surface area (Å²) in [5, 5.41) is 11.5. The number of halogens is 1. The molecule has 0 aromatic heterocycles. The van der Waals surface area contributed by atoms with Crippen LogP contribution >= 0.6 is 15.9 Å². The summed E-state index contributed by atoms with van der Waals surface area (Å²) in [5.74, 6) is -2.04. The molecule has 150 valence electrons. The zero-order valence-electron chi connectivity index (χ0n) is 16.0. The number of nitrogens with zero attached hydrogens (tertiary/aromatic N) is 2. The van der Waals surface area contributed by atoms with Gasteiger partial charge < -0.3 is 0 Å². The zero-order valence-corrected chi connectivity index (χ0v) is 17.6. The molecule has 2 bridgehead atoms. The lowest BCUT2D eigenvalue weighted by atomic mass is 9.85. The number of hydrogen-bond donors (Lipinski definition) is 0. The van der Waals surface area contributed by atoms with Gasteiger partial charge in [0.1, 0.15) is 5.69 Å². The summed E-state index contributed by atoms with van der Waals surface area (Å²) >= 11 is 3.22. The van der Waals surface area contributed by atoms with Crippen LogP contribution in [0.2, 0.25) is 0 Å². The molecular weight excluding hydrogens is 448 g/mol. The number of amides is 2. The van der Waals surface area contributed by atoms with Crippen molar-refractivity contribution in [3.63, 3.8) is 0 Å². The number of fused-ring (bicyclic) bond motifs is 5. The Morgan fingerprint density at radius 2 is 1.60 bits per heavy atom.